The maximum absolute atomic E-state index is 3.77. The van der Waals surface area contributed by atoms with Crippen LogP contribution in [0.25, 0.3) is 0 Å². The lowest BCUT2D eigenvalue weighted by Gasteiger charge is -2.29. The van der Waals surface area contributed by atoms with E-state index in [0.29, 0.717) is 18.0 Å². The van der Waals surface area contributed by atoms with Gasteiger partial charge in [-0.25, -0.2) is 0 Å². The summed E-state index contributed by atoms with van der Waals surface area (Å²) in [5, 5.41) is 5.93. The first-order chi connectivity index (χ1) is 10.1. The van der Waals surface area contributed by atoms with Gasteiger partial charge in [0.25, 0.3) is 0 Å². The first kappa shape index (κ1) is 16.2. The van der Waals surface area contributed by atoms with Gasteiger partial charge in [-0.1, -0.05) is 50.2 Å². The van der Waals surface area contributed by atoms with Gasteiger partial charge < -0.3 is 10.2 Å². The molecule has 0 saturated carbocycles. The molecule has 2 atom stereocenters. The van der Waals surface area contributed by atoms with Gasteiger partial charge in [0.05, 0.1) is 0 Å². The number of hydrogen-bond donors (Lipinski definition) is 1. The van der Waals surface area contributed by atoms with Gasteiger partial charge in [0.2, 0.25) is 0 Å². The van der Waals surface area contributed by atoms with Crippen LogP contribution in [0.2, 0.25) is 0 Å². The Morgan fingerprint density at radius 1 is 1.05 bits per heavy atom. The number of nitrogens with zero attached hydrogens (tertiary/aromatic N) is 1. The Hall–Kier alpha value is -1.16. The zero-order chi connectivity index (χ0) is 15.2. The fourth-order valence-corrected chi connectivity index (χ4v) is 3.62. The van der Waals surface area contributed by atoms with E-state index in [2.05, 4.69) is 86.0 Å². The second kappa shape index (κ2) is 7.74. The highest BCUT2D eigenvalue weighted by Crippen LogP contribution is 2.27. The zero-order valence-electron chi connectivity index (χ0n) is 13.4. The second-order valence-electron chi connectivity index (χ2n) is 6.04. The Labute approximate surface area is 132 Å². The maximum atomic E-state index is 3.77. The summed E-state index contributed by atoms with van der Waals surface area (Å²) in [7, 11) is 4.30. The van der Waals surface area contributed by atoms with Crippen LogP contribution in [0.4, 0.5) is 0 Å². The smallest absolute Gasteiger partial charge is 0.0467 e. The number of benzene rings is 1. The lowest BCUT2D eigenvalue weighted by Crippen LogP contribution is -2.34. The van der Waals surface area contributed by atoms with E-state index in [1.807, 2.05) is 11.3 Å². The summed E-state index contributed by atoms with van der Waals surface area (Å²) in [5.41, 5.74) is 1.36. The molecular formula is C18H26N2S. The number of hydrogen-bond acceptors (Lipinski definition) is 3. The summed E-state index contributed by atoms with van der Waals surface area (Å²) in [6.07, 6.45) is 0. The van der Waals surface area contributed by atoms with Crippen molar-refractivity contribution in [2.24, 2.45) is 5.92 Å². The minimum Gasteiger partial charge on any atom is -0.307 e. The van der Waals surface area contributed by atoms with Crippen molar-refractivity contribution in [2.75, 3.05) is 20.6 Å². The largest absolute Gasteiger partial charge is 0.307 e. The van der Waals surface area contributed by atoms with Crippen LogP contribution in [-0.4, -0.2) is 25.5 Å². The first-order valence-electron chi connectivity index (χ1n) is 7.57. The number of nitrogens with one attached hydrogen (secondary N) is 1. The van der Waals surface area contributed by atoms with Crippen LogP contribution in [0, 0.1) is 5.92 Å². The summed E-state index contributed by atoms with van der Waals surface area (Å²) < 4.78 is 0. The molecule has 2 aromatic rings. The van der Waals surface area contributed by atoms with Gasteiger partial charge in [-0.15, -0.1) is 11.3 Å². The van der Waals surface area contributed by atoms with Gasteiger partial charge in [-0.2, -0.15) is 0 Å². The van der Waals surface area contributed by atoms with Crippen LogP contribution in [0.5, 0.6) is 0 Å². The molecule has 114 valence electrons. The van der Waals surface area contributed by atoms with Crippen molar-refractivity contribution < 1.29 is 0 Å². The molecule has 3 heteroatoms. The van der Waals surface area contributed by atoms with E-state index in [1.54, 1.807) is 0 Å². The Balaban J connectivity index is 2.07. The topological polar surface area (TPSA) is 15.3 Å². The summed E-state index contributed by atoms with van der Waals surface area (Å²) in [6.45, 7) is 5.52. The first-order valence-corrected chi connectivity index (χ1v) is 8.45. The maximum Gasteiger partial charge on any atom is 0.0467 e. The van der Waals surface area contributed by atoms with Gasteiger partial charge in [0, 0.05) is 23.5 Å². The standard InChI is InChI=1S/C18H26N2S/c1-14(2)18(17-11-8-12-21-17)19-13-16(20(3)4)15-9-6-5-7-10-15/h5-12,14,16,18-19H,13H2,1-4H3. The lowest BCUT2D eigenvalue weighted by atomic mass is 10.0. The molecular weight excluding hydrogens is 276 g/mol. The van der Waals surface area contributed by atoms with Crippen LogP contribution in [-0.2, 0) is 0 Å². The molecule has 2 nitrogen and oxygen atoms in total. The van der Waals surface area contributed by atoms with Gasteiger partial charge >= 0.3 is 0 Å². The predicted molar refractivity (Wildman–Crippen MR) is 92.8 cm³/mol. The van der Waals surface area contributed by atoms with Gasteiger partial charge in [-0.05, 0) is 37.0 Å². The van der Waals surface area contributed by atoms with Gasteiger partial charge in [0.15, 0.2) is 0 Å². The number of likely N-dealkylation sites (N-methyl/N-ethyl adjacent to an activating group) is 1. The van der Waals surface area contributed by atoms with E-state index in [-0.39, 0.29) is 0 Å². The highest BCUT2D eigenvalue weighted by atomic mass is 32.1. The molecule has 0 fully saturated rings. The molecule has 0 saturated heterocycles. The summed E-state index contributed by atoms with van der Waals surface area (Å²) in [6, 6.07) is 15.9. The van der Waals surface area contributed by atoms with Crippen LogP contribution in [0.1, 0.15) is 36.4 Å². The van der Waals surface area contributed by atoms with Crippen LogP contribution < -0.4 is 5.32 Å². The molecule has 0 aliphatic carbocycles. The molecule has 1 heterocycles. The number of thiophene rings is 1. The van der Waals surface area contributed by atoms with E-state index < -0.39 is 0 Å². The molecule has 1 aromatic carbocycles. The van der Waals surface area contributed by atoms with Crippen molar-refractivity contribution in [3.8, 4) is 0 Å². The minimum atomic E-state index is 0.396. The fourth-order valence-electron chi connectivity index (χ4n) is 2.65. The lowest BCUT2D eigenvalue weighted by molar-refractivity contribution is 0.269. The summed E-state index contributed by atoms with van der Waals surface area (Å²) in [4.78, 5) is 3.71. The molecule has 1 N–H and O–H groups in total. The van der Waals surface area contributed by atoms with Crippen molar-refractivity contribution in [3.05, 3.63) is 58.3 Å². The molecule has 21 heavy (non-hydrogen) atoms. The van der Waals surface area contributed by atoms with E-state index >= 15 is 0 Å². The van der Waals surface area contributed by atoms with Crippen molar-refractivity contribution in [1.82, 2.24) is 10.2 Å². The third-order valence-corrected chi connectivity index (χ3v) is 4.81. The monoisotopic (exact) mass is 302 g/mol. The van der Waals surface area contributed by atoms with Gasteiger partial charge in [-0.3, -0.25) is 0 Å². The van der Waals surface area contributed by atoms with E-state index in [1.165, 1.54) is 10.4 Å². The molecule has 0 spiro atoms. The SMILES string of the molecule is CC(C)C(NCC(c1ccccc1)N(C)C)c1cccs1. The third-order valence-electron chi connectivity index (χ3n) is 3.86. The molecule has 0 bridgehead atoms. The Kier molecular flexibility index (Phi) is 5.97. The summed E-state index contributed by atoms with van der Waals surface area (Å²) in [5.74, 6) is 0.585. The molecule has 2 unspecified atom stereocenters. The molecule has 0 aliphatic rings. The van der Waals surface area contributed by atoms with Crippen LogP contribution >= 0.6 is 11.3 Å². The normalized spacial score (nSPS) is 14.6. The third kappa shape index (κ3) is 4.40. The number of rotatable bonds is 7. The van der Waals surface area contributed by atoms with E-state index in [0.717, 1.165) is 6.54 Å². The van der Waals surface area contributed by atoms with Crippen molar-refractivity contribution in [3.63, 3.8) is 0 Å². The summed E-state index contributed by atoms with van der Waals surface area (Å²) >= 11 is 1.84. The van der Waals surface area contributed by atoms with Gasteiger partial charge in [0.1, 0.15) is 0 Å². The van der Waals surface area contributed by atoms with Crippen LogP contribution in [0.15, 0.2) is 47.8 Å². The quantitative estimate of drug-likeness (QED) is 0.818. The Morgan fingerprint density at radius 3 is 2.29 bits per heavy atom. The van der Waals surface area contributed by atoms with Crippen molar-refractivity contribution in [2.45, 2.75) is 25.9 Å². The highest BCUT2D eigenvalue weighted by Gasteiger charge is 2.20. The average Bonchev–Trinajstić information content (AvgIpc) is 2.97. The fraction of sp³-hybridized carbons (Fsp3) is 0.444. The Morgan fingerprint density at radius 2 is 1.76 bits per heavy atom. The molecule has 2 rings (SSSR count). The van der Waals surface area contributed by atoms with Crippen molar-refractivity contribution in [1.29, 1.82) is 0 Å². The minimum absolute atomic E-state index is 0.396. The average molecular weight is 302 g/mol. The predicted octanol–water partition coefficient (Wildman–Crippen LogP) is 4.34. The Bertz CT molecular complexity index is 505. The molecule has 0 radical (unpaired) electrons. The van der Waals surface area contributed by atoms with E-state index in [4.69, 9.17) is 0 Å². The van der Waals surface area contributed by atoms with Crippen molar-refractivity contribution >= 4 is 11.3 Å². The molecule has 0 aliphatic heterocycles. The van der Waals surface area contributed by atoms with E-state index in [9.17, 15) is 0 Å². The highest BCUT2D eigenvalue weighted by molar-refractivity contribution is 7.10. The molecule has 1 aromatic heterocycles. The van der Waals surface area contributed by atoms with Crippen LogP contribution in [0.3, 0.4) is 0 Å². The second-order valence-corrected chi connectivity index (χ2v) is 7.01. The molecule has 0 amide bonds. The zero-order valence-corrected chi connectivity index (χ0v) is 14.2.